The molecule has 3 unspecified atom stereocenters. The van der Waals surface area contributed by atoms with Crippen molar-refractivity contribution >= 4 is 0 Å². The van der Waals surface area contributed by atoms with Gasteiger partial charge in [0.1, 0.15) is 0 Å². The molecule has 3 heteroatoms. The second-order valence-corrected chi connectivity index (χ2v) is 4.84. The molecular weight excluding hydrogens is 190 g/mol. The van der Waals surface area contributed by atoms with Crippen LogP contribution in [0.4, 0.5) is 0 Å². The summed E-state index contributed by atoms with van der Waals surface area (Å²) in [4.78, 5) is 0. The van der Waals surface area contributed by atoms with Gasteiger partial charge in [0.05, 0.1) is 6.10 Å². The molecule has 3 atom stereocenters. The van der Waals surface area contributed by atoms with E-state index in [1.165, 1.54) is 12.8 Å². The second-order valence-electron chi connectivity index (χ2n) is 4.84. The maximum absolute atomic E-state index is 9.88. The maximum Gasteiger partial charge on any atom is 0.0693 e. The van der Waals surface area contributed by atoms with Crippen molar-refractivity contribution in [3.63, 3.8) is 0 Å². The van der Waals surface area contributed by atoms with E-state index in [-0.39, 0.29) is 18.8 Å². The Morgan fingerprint density at radius 1 is 1.27 bits per heavy atom. The van der Waals surface area contributed by atoms with Crippen molar-refractivity contribution < 1.29 is 10.2 Å². The molecule has 15 heavy (non-hydrogen) atoms. The summed E-state index contributed by atoms with van der Waals surface area (Å²) < 4.78 is 0. The van der Waals surface area contributed by atoms with Gasteiger partial charge in [0.2, 0.25) is 0 Å². The van der Waals surface area contributed by atoms with E-state index >= 15 is 0 Å². The third-order valence-electron chi connectivity index (χ3n) is 3.33. The van der Waals surface area contributed by atoms with Crippen molar-refractivity contribution in [2.24, 2.45) is 5.92 Å². The van der Waals surface area contributed by atoms with Gasteiger partial charge in [-0.05, 0) is 31.7 Å². The minimum Gasteiger partial charge on any atom is -0.396 e. The van der Waals surface area contributed by atoms with Crippen LogP contribution in [-0.4, -0.2) is 35.5 Å². The molecule has 3 N–H and O–H groups in total. The van der Waals surface area contributed by atoms with E-state index < -0.39 is 0 Å². The zero-order valence-corrected chi connectivity index (χ0v) is 9.78. The van der Waals surface area contributed by atoms with Crippen LogP contribution in [-0.2, 0) is 0 Å². The first-order valence-corrected chi connectivity index (χ1v) is 6.26. The highest BCUT2D eigenvalue weighted by molar-refractivity contribution is 4.79. The summed E-state index contributed by atoms with van der Waals surface area (Å²) in [6.07, 6.45) is 6.33. The third kappa shape index (κ3) is 4.96. The lowest BCUT2D eigenvalue weighted by Gasteiger charge is -2.23. The van der Waals surface area contributed by atoms with Crippen LogP contribution < -0.4 is 5.32 Å². The van der Waals surface area contributed by atoms with Crippen molar-refractivity contribution in [3.05, 3.63) is 0 Å². The summed E-state index contributed by atoms with van der Waals surface area (Å²) in [6.45, 7) is 3.30. The average Bonchev–Trinajstić information content (AvgIpc) is 2.41. The van der Waals surface area contributed by atoms with Crippen molar-refractivity contribution in [3.8, 4) is 0 Å². The molecule has 0 aliphatic heterocycles. The SMILES string of the molecule is CC(CCO)CNC1CCCCCC1O. The summed E-state index contributed by atoms with van der Waals surface area (Å²) in [6, 6.07) is 0.272. The Morgan fingerprint density at radius 2 is 2.00 bits per heavy atom. The zero-order chi connectivity index (χ0) is 11.1. The van der Waals surface area contributed by atoms with Gasteiger partial charge in [0.15, 0.2) is 0 Å². The van der Waals surface area contributed by atoms with Crippen LogP contribution in [0.1, 0.15) is 45.4 Å². The van der Waals surface area contributed by atoms with Crippen LogP contribution in [0.15, 0.2) is 0 Å². The van der Waals surface area contributed by atoms with Crippen LogP contribution in [0.25, 0.3) is 0 Å². The normalized spacial score (nSPS) is 29.8. The smallest absolute Gasteiger partial charge is 0.0693 e. The monoisotopic (exact) mass is 215 g/mol. The Kier molecular flexibility index (Phi) is 6.22. The van der Waals surface area contributed by atoms with E-state index in [1.54, 1.807) is 0 Å². The van der Waals surface area contributed by atoms with Gasteiger partial charge in [-0.3, -0.25) is 0 Å². The summed E-state index contributed by atoms with van der Waals surface area (Å²) in [5.41, 5.74) is 0. The first-order chi connectivity index (χ1) is 7.24. The molecule has 0 saturated heterocycles. The van der Waals surface area contributed by atoms with E-state index in [0.29, 0.717) is 5.92 Å². The van der Waals surface area contributed by atoms with Gasteiger partial charge in [0.25, 0.3) is 0 Å². The Balaban J connectivity index is 2.22. The molecule has 1 aliphatic carbocycles. The van der Waals surface area contributed by atoms with Gasteiger partial charge < -0.3 is 15.5 Å². The van der Waals surface area contributed by atoms with E-state index in [4.69, 9.17) is 5.11 Å². The number of hydrogen-bond acceptors (Lipinski definition) is 3. The first kappa shape index (κ1) is 12.9. The first-order valence-electron chi connectivity index (χ1n) is 6.26. The molecule has 0 aromatic carbocycles. The largest absolute Gasteiger partial charge is 0.396 e. The van der Waals surface area contributed by atoms with Crippen LogP contribution >= 0.6 is 0 Å². The molecule has 1 aliphatic rings. The number of hydrogen-bond donors (Lipinski definition) is 3. The van der Waals surface area contributed by atoms with Gasteiger partial charge in [-0.25, -0.2) is 0 Å². The molecule has 90 valence electrons. The summed E-state index contributed by atoms with van der Waals surface area (Å²) in [7, 11) is 0. The molecular formula is C12H25NO2. The van der Waals surface area contributed by atoms with Crippen molar-refractivity contribution in [2.75, 3.05) is 13.2 Å². The lowest BCUT2D eigenvalue weighted by Crippen LogP contribution is -2.41. The Bertz CT molecular complexity index is 164. The van der Waals surface area contributed by atoms with Crippen molar-refractivity contribution in [1.29, 1.82) is 0 Å². The van der Waals surface area contributed by atoms with E-state index in [9.17, 15) is 5.11 Å². The Morgan fingerprint density at radius 3 is 2.73 bits per heavy atom. The molecule has 0 aromatic rings. The topological polar surface area (TPSA) is 52.5 Å². The maximum atomic E-state index is 9.88. The van der Waals surface area contributed by atoms with Gasteiger partial charge in [-0.1, -0.05) is 26.2 Å². The number of nitrogens with one attached hydrogen (secondary N) is 1. The summed E-state index contributed by atoms with van der Waals surface area (Å²) in [5, 5.41) is 22.1. The molecule has 0 aromatic heterocycles. The molecule has 1 rings (SSSR count). The molecule has 1 saturated carbocycles. The number of aliphatic hydroxyl groups excluding tert-OH is 2. The van der Waals surface area contributed by atoms with Gasteiger partial charge >= 0.3 is 0 Å². The lowest BCUT2D eigenvalue weighted by molar-refractivity contribution is 0.117. The van der Waals surface area contributed by atoms with Gasteiger partial charge in [0, 0.05) is 12.6 Å². The highest BCUT2D eigenvalue weighted by Crippen LogP contribution is 2.18. The fraction of sp³-hybridized carbons (Fsp3) is 1.00. The number of rotatable bonds is 5. The Hall–Kier alpha value is -0.120. The second kappa shape index (κ2) is 7.20. The van der Waals surface area contributed by atoms with Crippen LogP contribution in [0, 0.1) is 5.92 Å². The van der Waals surface area contributed by atoms with Crippen LogP contribution in [0.5, 0.6) is 0 Å². The molecule has 0 heterocycles. The fourth-order valence-electron chi connectivity index (χ4n) is 2.20. The standard InChI is InChI=1S/C12H25NO2/c1-10(7-8-14)9-13-11-5-3-2-4-6-12(11)15/h10-15H,2-9H2,1H3. The molecule has 0 amide bonds. The predicted octanol–water partition coefficient (Wildman–Crippen LogP) is 1.29. The Labute approximate surface area is 92.9 Å². The zero-order valence-electron chi connectivity index (χ0n) is 9.78. The summed E-state index contributed by atoms with van der Waals surface area (Å²) >= 11 is 0. The highest BCUT2D eigenvalue weighted by atomic mass is 16.3. The molecule has 3 nitrogen and oxygen atoms in total. The van der Waals surface area contributed by atoms with E-state index in [1.807, 2.05) is 0 Å². The molecule has 0 bridgehead atoms. The van der Waals surface area contributed by atoms with E-state index in [2.05, 4.69) is 12.2 Å². The quantitative estimate of drug-likeness (QED) is 0.606. The minimum absolute atomic E-state index is 0.172. The van der Waals surface area contributed by atoms with Crippen LogP contribution in [0.3, 0.4) is 0 Å². The third-order valence-corrected chi connectivity index (χ3v) is 3.33. The fourth-order valence-corrected chi connectivity index (χ4v) is 2.20. The van der Waals surface area contributed by atoms with Gasteiger partial charge in [-0.15, -0.1) is 0 Å². The molecule has 1 fully saturated rings. The van der Waals surface area contributed by atoms with Crippen LogP contribution in [0.2, 0.25) is 0 Å². The predicted molar refractivity (Wildman–Crippen MR) is 61.7 cm³/mol. The summed E-state index contributed by atoms with van der Waals surface area (Å²) in [5.74, 6) is 0.491. The minimum atomic E-state index is -0.172. The average molecular weight is 215 g/mol. The number of aliphatic hydroxyl groups is 2. The molecule has 0 radical (unpaired) electrons. The van der Waals surface area contributed by atoms with Crippen molar-refractivity contribution in [2.45, 2.75) is 57.6 Å². The van der Waals surface area contributed by atoms with E-state index in [0.717, 1.165) is 32.2 Å². The lowest BCUT2D eigenvalue weighted by atomic mass is 10.0. The van der Waals surface area contributed by atoms with Crippen molar-refractivity contribution in [1.82, 2.24) is 5.32 Å². The molecule has 0 spiro atoms. The highest BCUT2D eigenvalue weighted by Gasteiger charge is 2.21. The van der Waals surface area contributed by atoms with Gasteiger partial charge in [-0.2, -0.15) is 0 Å².